The molecule has 1 aliphatic heterocycles. The third kappa shape index (κ3) is 2.24. The van der Waals surface area contributed by atoms with Gasteiger partial charge in [0.1, 0.15) is 13.1 Å². The highest BCUT2D eigenvalue weighted by Crippen LogP contribution is 2.26. The van der Waals surface area contributed by atoms with Crippen molar-refractivity contribution in [3.8, 4) is 0 Å². The molecule has 0 saturated heterocycles. The van der Waals surface area contributed by atoms with Crippen molar-refractivity contribution in [2.45, 2.75) is 51.9 Å². The van der Waals surface area contributed by atoms with Crippen LogP contribution in [0.4, 0.5) is 0 Å². The molecule has 0 atom stereocenters. The van der Waals surface area contributed by atoms with Crippen LogP contribution in [-0.2, 0) is 0 Å². The van der Waals surface area contributed by atoms with Gasteiger partial charge in [-0.1, -0.05) is 13.3 Å². The normalized spacial score (nSPS) is 21.9. The lowest BCUT2D eigenvalue weighted by atomic mass is 9.88. The van der Waals surface area contributed by atoms with E-state index in [-0.39, 0.29) is 0 Å². The number of hydrogen-bond acceptors (Lipinski definition) is 1. The first-order chi connectivity index (χ1) is 7.33. The van der Waals surface area contributed by atoms with Crippen LogP contribution >= 0.6 is 0 Å². The van der Waals surface area contributed by atoms with Gasteiger partial charge in [-0.3, -0.25) is 0 Å². The van der Waals surface area contributed by atoms with Crippen LogP contribution in [0.2, 0.25) is 0 Å². The Balaban J connectivity index is 2.19. The lowest BCUT2D eigenvalue weighted by Gasteiger charge is -2.23. The van der Waals surface area contributed by atoms with Crippen LogP contribution in [0.25, 0.3) is 0 Å². The van der Waals surface area contributed by atoms with Gasteiger partial charge in [-0.15, -0.1) is 0 Å². The van der Waals surface area contributed by atoms with E-state index in [2.05, 4.69) is 11.5 Å². The van der Waals surface area contributed by atoms with Gasteiger partial charge >= 0.3 is 0 Å². The molecule has 2 aliphatic rings. The summed E-state index contributed by atoms with van der Waals surface area (Å²) in [5.74, 6) is 0. The second-order valence-corrected chi connectivity index (χ2v) is 4.75. The molecule has 1 heterocycles. The fourth-order valence-corrected chi connectivity index (χ4v) is 2.72. The Bertz CT molecular complexity index is 300. The monoisotopic (exact) mass is 207 g/mol. The molecule has 2 N–H and O–H groups in total. The molecule has 15 heavy (non-hydrogen) atoms. The van der Waals surface area contributed by atoms with Crippen molar-refractivity contribution in [1.29, 1.82) is 0 Å². The van der Waals surface area contributed by atoms with E-state index in [9.17, 15) is 0 Å². The summed E-state index contributed by atoms with van der Waals surface area (Å²) in [6.07, 6.45) is 8.87. The zero-order valence-corrected chi connectivity index (χ0v) is 9.89. The lowest BCUT2D eigenvalue weighted by Crippen LogP contribution is -2.33. The van der Waals surface area contributed by atoms with Crippen LogP contribution in [0, 0.1) is 0 Å². The summed E-state index contributed by atoms with van der Waals surface area (Å²) in [5, 5.41) is 0. The van der Waals surface area contributed by atoms with Crippen molar-refractivity contribution in [1.82, 2.24) is 0 Å². The van der Waals surface area contributed by atoms with Crippen molar-refractivity contribution in [2.24, 2.45) is 5.73 Å². The molecule has 0 unspecified atom stereocenters. The van der Waals surface area contributed by atoms with Crippen LogP contribution in [0.15, 0.2) is 11.3 Å². The zero-order chi connectivity index (χ0) is 10.7. The molecule has 1 fully saturated rings. The molecule has 0 aromatic rings. The Hall–Kier alpha value is -0.790. The third-order valence-electron chi connectivity index (χ3n) is 3.64. The van der Waals surface area contributed by atoms with Crippen LogP contribution in [0.3, 0.4) is 0 Å². The van der Waals surface area contributed by atoms with E-state index in [0.717, 1.165) is 13.0 Å². The Labute approximate surface area is 92.9 Å². The van der Waals surface area contributed by atoms with Gasteiger partial charge in [0.25, 0.3) is 0 Å². The highest BCUT2D eigenvalue weighted by Gasteiger charge is 2.28. The molecular weight excluding hydrogens is 184 g/mol. The molecule has 0 aromatic heterocycles. The van der Waals surface area contributed by atoms with E-state index >= 15 is 0 Å². The summed E-state index contributed by atoms with van der Waals surface area (Å²) < 4.78 is 2.59. The topological polar surface area (TPSA) is 29.0 Å². The Kier molecular flexibility index (Phi) is 3.45. The van der Waals surface area contributed by atoms with E-state index in [4.69, 9.17) is 5.73 Å². The number of nitrogens with two attached hydrogens (primary N) is 1. The maximum absolute atomic E-state index is 6.11. The van der Waals surface area contributed by atoms with E-state index in [0.29, 0.717) is 0 Å². The average molecular weight is 207 g/mol. The first-order valence-electron chi connectivity index (χ1n) is 6.41. The fourth-order valence-electron chi connectivity index (χ4n) is 2.72. The predicted molar refractivity (Wildman–Crippen MR) is 64.2 cm³/mol. The van der Waals surface area contributed by atoms with Gasteiger partial charge in [-0.2, -0.15) is 0 Å². The summed E-state index contributed by atoms with van der Waals surface area (Å²) in [7, 11) is 0. The molecule has 1 saturated carbocycles. The van der Waals surface area contributed by atoms with Crippen LogP contribution in [-0.4, -0.2) is 23.4 Å². The number of nitrogens with zero attached hydrogens (tertiary/aromatic N) is 1. The highest BCUT2D eigenvalue weighted by atomic mass is 15.0. The second-order valence-electron chi connectivity index (χ2n) is 4.75. The number of fused-ring (bicyclic) bond motifs is 1. The van der Waals surface area contributed by atoms with Gasteiger partial charge in [0, 0.05) is 30.5 Å². The molecule has 2 nitrogen and oxygen atoms in total. The van der Waals surface area contributed by atoms with Gasteiger partial charge in [0.2, 0.25) is 0 Å². The minimum absolute atomic E-state index is 1.09. The van der Waals surface area contributed by atoms with Gasteiger partial charge in [-0.05, 0) is 19.3 Å². The van der Waals surface area contributed by atoms with Crippen LogP contribution < -0.4 is 5.73 Å². The molecule has 0 radical (unpaired) electrons. The fraction of sp³-hybridized carbons (Fsp3) is 0.769. The third-order valence-corrected chi connectivity index (χ3v) is 3.64. The summed E-state index contributed by atoms with van der Waals surface area (Å²) in [6.45, 7) is 4.66. The lowest BCUT2D eigenvalue weighted by molar-refractivity contribution is -0.530. The largest absolute Gasteiger partial charge is 0.401 e. The summed E-state index contributed by atoms with van der Waals surface area (Å²) >= 11 is 0. The SMILES string of the molecule is CCCC[N+]1=C2CCCCC2=C(N)CC1. The van der Waals surface area contributed by atoms with Gasteiger partial charge < -0.3 is 5.73 Å². The second kappa shape index (κ2) is 4.82. The molecular formula is C13H23N2+. The smallest absolute Gasteiger partial charge is 0.180 e. The van der Waals surface area contributed by atoms with Crippen molar-refractivity contribution in [2.75, 3.05) is 13.1 Å². The maximum Gasteiger partial charge on any atom is 0.180 e. The first-order valence-corrected chi connectivity index (χ1v) is 6.41. The van der Waals surface area contributed by atoms with Crippen LogP contribution in [0.5, 0.6) is 0 Å². The van der Waals surface area contributed by atoms with Crippen molar-refractivity contribution >= 4 is 5.71 Å². The molecule has 2 rings (SSSR count). The number of unbranched alkanes of at least 4 members (excludes halogenated alkanes) is 1. The minimum atomic E-state index is 1.09. The molecule has 0 spiro atoms. The standard InChI is InChI=1S/C13H22N2/c1-2-3-9-15-10-8-12(14)11-6-4-5-7-13(11)15/h14H,2-10H2,1H3/p+1. The van der Waals surface area contributed by atoms with Crippen LogP contribution in [0.1, 0.15) is 51.9 Å². The van der Waals surface area contributed by atoms with E-state index in [1.165, 1.54) is 56.3 Å². The molecule has 0 bridgehead atoms. The van der Waals surface area contributed by atoms with Crippen molar-refractivity contribution in [3.05, 3.63) is 11.3 Å². The van der Waals surface area contributed by atoms with Gasteiger partial charge in [0.05, 0.1) is 0 Å². The number of allylic oxidation sites excluding steroid dienone is 1. The summed E-state index contributed by atoms with van der Waals surface area (Å²) in [6, 6.07) is 0. The van der Waals surface area contributed by atoms with Gasteiger partial charge in [-0.25, -0.2) is 4.58 Å². The van der Waals surface area contributed by atoms with Crippen molar-refractivity contribution in [3.63, 3.8) is 0 Å². The zero-order valence-electron chi connectivity index (χ0n) is 9.89. The first kappa shape index (κ1) is 10.7. The Morgan fingerprint density at radius 1 is 1.20 bits per heavy atom. The van der Waals surface area contributed by atoms with E-state index < -0.39 is 0 Å². The molecule has 0 aromatic carbocycles. The average Bonchev–Trinajstić information content (AvgIpc) is 2.29. The van der Waals surface area contributed by atoms with E-state index in [1.54, 1.807) is 5.71 Å². The number of hydrogen-bond donors (Lipinski definition) is 1. The quantitative estimate of drug-likeness (QED) is 0.708. The molecule has 0 amide bonds. The maximum atomic E-state index is 6.11. The van der Waals surface area contributed by atoms with Gasteiger partial charge in [0.15, 0.2) is 5.71 Å². The van der Waals surface area contributed by atoms with E-state index in [1.807, 2.05) is 0 Å². The summed E-state index contributed by atoms with van der Waals surface area (Å²) in [4.78, 5) is 0. The minimum Gasteiger partial charge on any atom is -0.401 e. The molecule has 84 valence electrons. The summed E-state index contributed by atoms with van der Waals surface area (Å²) in [5.41, 5.74) is 10.4. The predicted octanol–water partition coefficient (Wildman–Crippen LogP) is 2.43. The van der Waals surface area contributed by atoms with Crippen molar-refractivity contribution < 1.29 is 4.58 Å². The molecule has 1 aliphatic carbocycles. The Morgan fingerprint density at radius 2 is 2.00 bits per heavy atom. The number of rotatable bonds is 3. The Morgan fingerprint density at radius 3 is 2.80 bits per heavy atom. The highest BCUT2D eigenvalue weighted by molar-refractivity contribution is 5.98. The molecule has 2 heteroatoms.